The van der Waals surface area contributed by atoms with E-state index < -0.39 is 10.1 Å². The van der Waals surface area contributed by atoms with Crippen molar-refractivity contribution < 1.29 is 13.0 Å². The van der Waals surface area contributed by atoms with Gasteiger partial charge in [0.15, 0.2) is 0 Å². The minimum Gasteiger partial charge on any atom is -0.325 e. The van der Waals surface area contributed by atoms with E-state index in [0.29, 0.717) is 16.2 Å². The highest BCUT2D eigenvalue weighted by Crippen LogP contribution is 2.40. The molecule has 4 nitrogen and oxygen atoms in total. The molecule has 0 unspecified atom stereocenters. The Morgan fingerprint density at radius 1 is 0.750 bits per heavy atom. The number of nitrogens with two attached hydrogens (primary N) is 1. The maximum atomic E-state index is 10.5. The summed E-state index contributed by atoms with van der Waals surface area (Å²) in [5, 5.41) is 0. The second-order valence-corrected chi connectivity index (χ2v) is 13.3. The van der Waals surface area contributed by atoms with Crippen LogP contribution in [0.1, 0.15) is 87.1 Å². The Balaban J connectivity index is 0.000000567. The molecule has 0 saturated carbocycles. The molecule has 0 saturated heterocycles. The van der Waals surface area contributed by atoms with Gasteiger partial charge in [-0.15, -0.1) is 0 Å². The number of benzene rings is 1. The summed E-state index contributed by atoms with van der Waals surface area (Å²) in [6.45, 7) is 22.5. The molecule has 0 fully saturated rings. The Morgan fingerprint density at radius 3 is 1.25 bits per heavy atom. The number of rotatable bonds is 4. The van der Waals surface area contributed by atoms with Gasteiger partial charge in [0.05, 0.1) is 4.90 Å². The van der Waals surface area contributed by atoms with E-state index in [1.807, 2.05) is 6.92 Å². The van der Waals surface area contributed by atoms with Crippen molar-refractivity contribution in [1.29, 1.82) is 0 Å². The molecule has 0 heterocycles. The van der Waals surface area contributed by atoms with Crippen LogP contribution in [0.5, 0.6) is 0 Å². The lowest BCUT2D eigenvalue weighted by Crippen LogP contribution is -2.48. The van der Waals surface area contributed by atoms with Gasteiger partial charge in [0.2, 0.25) is 0 Å². The predicted molar refractivity (Wildman–Crippen MR) is 120 cm³/mol. The van der Waals surface area contributed by atoms with Crippen LogP contribution in [0, 0.1) is 23.2 Å². The molecule has 0 bridgehead atoms. The van der Waals surface area contributed by atoms with Crippen LogP contribution in [0.2, 0.25) is 0 Å². The molecule has 5 heteroatoms. The van der Waals surface area contributed by atoms with Crippen molar-refractivity contribution in [2.45, 2.75) is 98.9 Å². The molecule has 0 amide bonds. The van der Waals surface area contributed by atoms with Gasteiger partial charge in [-0.2, -0.15) is 8.42 Å². The monoisotopic (exact) mass is 413 g/mol. The van der Waals surface area contributed by atoms with Crippen LogP contribution in [-0.4, -0.2) is 18.5 Å². The van der Waals surface area contributed by atoms with Gasteiger partial charge < -0.3 is 5.73 Å². The Labute approximate surface area is 174 Å². The minimum atomic E-state index is -4.02. The molecule has 0 aliphatic heterocycles. The van der Waals surface area contributed by atoms with E-state index in [1.54, 1.807) is 12.1 Å². The van der Waals surface area contributed by atoms with Crippen LogP contribution < -0.4 is 5.73 Å². The van der Waals surface area contributed by atoms with Crippen molar-refractivity contribution in [3.63, 3.8) is 0 Å². The van der Waals surface area contributed by atoms with E-state index in [-0.39, 0.29) is 10.4 Å². The molecular formula is C23H43NO3S. The van der Waals surface area contributed by atoms with Gasteiger partial charge >= 0.3 is 0 Å². The molecule has 0 spiro atoms. The van der Waals surface area contributed by atoms with Crippen molar-refractivity contribution in [1.82, 2.24) is 0 Å². The molecule has 1 rings (SSSR count). The van der Waals surface area contributed by atoms with E-state index in [9.17, 15) is 8.42 Å². The molecular weight excluding hydrogens is 370 g/mol. The van der Waals surface area contributed by atoms with Gasteiger partial charge in [-0.1, -0.05) is 80.0 Å². The largest absolute Gasteiger partial charge is 0.325 e. The molecule has 0 aromatic heterocycles. The Morgan fingerprint density at radius 2 is 1.04 bits per heavy atom. The number of hydrogen-bond donors (Lipinski definition) is 2. The Bertz CT molecular complexity index is 659. The van der Waals surface area contributed by atoms with E-state index in [0.717, 1.165) is 24.8 Å². The molecule has 164 valence electrons. The first-order chi connectivity index (χ1) is 12.1. The smallest absolute Gasteiger partial charge is 0.294 e. The third-order valence-corrected chi connectivity index (χ3v) is 4.83. The van der Waals surface area contributed by atoms with Crippen LogP contribution in [-0.2, 0) is 10.1 Å². The first-order valence-electron chi connectivity index (χ1n) is 9.95. The van der Waals surface area contributed by atoms with Crippen LogP contribution in [0.3, 0.4) is 0 Å². The third-order valence-electron chi connectivity index (χ3n) is 3.97. The summed E-state index contributed by atoms with van der Waals surface area (Å²) in [5.41, 5.74) is 8.56. The van der Waals surface area contributed by atoms with Gasteiger partial charge in [0.25, 0.3) is 10.1 Å². The highest BCUT2D eigenvalue weighted by atomic mass is 32.2. The molecule has 0 aliphatic carbocycles. The van der Waals surface area contributed by atoms with Gasteiger partial charge in [0.1, 0.15) is 0 Å². The second kappa shape index (κ2) is 9.27. The number of hydrogen-bond acceptors (Lipinski definition) is 3. The molecule has 1 aromatic rings. The fourth-order valence-electron chi connectivity index (χ4n) is 4.07. The molecule has 1 aromatic carbocycles. The zero-order chi connectivity index (χ0) is 22.6. The summed E-state index contributed by atoms with van der Waals surface area (Å²) in [6.07, 6.45) is 3.28. The topological polar surface area (TPSA) is 80.4 Å². The zero-order valence-corrected chi connectivity index (χ0v) is 20.5. The fraction of sp³-hybridized carbons (Fsp3) is 0.739. The van der Waals surface area contributed by atoms with Crippen molar-refractivity contribution in [3.8, 4) is 0 Å². The lowest BCUT2D eigenvalue weighted by atomic mass is 9.66. The van der Waals surface area contributed by atoms with Crippen LogP contribution >= 0.6 is 0 Å². The SMILES string of the molecule is CC(C)(C)CC(N)(CC(C)(C)C)CC(C)(C)C.Cc1ccc(S(=O)(=O)O)cc1. The lowest BCUT2D eigenvalue weighted by molar-refractivity contribution is 0.133. The van der Waals surface area contributed by atoms with Gasteiger partial charge in [-0.3, -0.25) is 4.55 Å². The first-order valence-corrected chi connectivity index (χ1v) is 11.4. The first kappa shape index (κ1) is 27.1. The summed E-state index contributed by atoms with van der Waals surface area (Å²) in [7, 11) is -4.02. The number of aryl methyl sites for hydroxylation is 1. The average molecular weight is 414 g/mol. The summed E-state index contributed by atoms with van der Waals surface area (Å²) < 4.78 is 29.6. The molecule has 28 heavy (non-hydrogen) atoms. The highest BCUT2D eigenvalue weighted by Gasteiger charge is 2.37. The average Bonchev–Trinajstić information content (AvgIpc) is 2.30. The standard InChI is InChI=1S/C16H35N.C7H8O3S/c1-13(2,3)10-16(17,11-14(4,5)6)12-15(7,8)9;1-6-2-4-7(5-3-6)11(8,9)10/h10-12,17H2,1-9H3;2-5H,1H3,(H,8,9,10). The quantitative estimate of drug-likeness (QED) is 0.573. The molecule has 3 N–H and O–H groups in total. The third kappa shape index (κ3) is 13.3. The van der Waals surface area contributed by atoms with Crippen molar-refractivity contribution in [3.05, 3.63) is 29.8 Å². The van der Waals surface area contributed by atoms with E-state index >= 15 is 0 Å². The minimum absolute atomic E-state index is 0.0469. The lowest BCUT2D eigenvalue weighted by Gasteiger charge is -2.43. The van der Waals surface area contributed by atoms with Crippen molar-refractivity contribution >= 4 is 10.1 Å². The molecule has 0 atom stereocenters. The van der Waals surface area contributed by atoms with Crippen LogP contribution in [0.4, 0.5) is 0 Å². The Hall–Kier alpha value is -0.910. The van der Waals surface area contributed by atoms with E-state index in [2.05, 4.69) is 62.3 Å². The molecule has 0 aliphatic rings. The normalized spacial score (nSPS) is 13.7. The Kier molecular flexibility index (Phi) is 8.97. The van der Waals surface area contributed by atoms with Crippen molar-refractivity contribution in [2.75, 3.05) is 0 Å². The maximum Gasteiger partial charge on any atom is 0.294 e. The highest BCUT2D eigenvalue weighted by molar-refractivity contribution is 7.85. The fourth-order valence-corrected chi connectivity index (χ4v) is 4.55. The predicted octanol–water partition coefficient (Wildman–Crippen LogP) is 6.23. The summed E-state index contributed by atoms with van der Waals surface area (Å²) in [5.74, 6) is 0. The summed E-state index contributed by atoms with van der Waals surface area (Å²) >= 11 is 0. The van der Waals surface area contributed by atoms with Crippen LogP contribution in [0.25, 0.3) is 0 Å². The van der Waals surface area contributed by atoms with Gasteiger partial charge in [-0.05, 0) is 54.6 Å². The molecule has 0 radical (unpaired) electrons. The van der Waals surface area contributed by atoms with Gasteiger partial charge in [0, 0.05) is 5.54 Å². The second-order valence-electron chi connectivity index (χ2n) is 11.9. The van der Waals surface area contributed by atoms with E-state index in [4.69, 9.17) is 10.3 Å². The zero-order valence-electron chi connectivity index (χ0n) is 19.7. The van der Waals surface area contributed by atoms with Crippen molar-refractivity contribution in [2.24, 2.45) is 22.0 Å². The summed E-state index contributed by atoms with van der Waals surface area (Å²) in [4.78, 5) is -0.0666. The van der Waals surface area contributed by atoms with E-state index in [1.165, 1.54) is 12.1 Å². The maximum absolute atomic E-state index is 10.5. The van der Waals surface area contributed by atoms with Gasteiger partial charge in [-0.25, -0.2) is 0 Å². The van der Waals surface area contributed by atoms with Crippen LogP contribution in [0.15, 0.2) is 29.2 Å². The summed E-state index contributed by atoms with van der Waals surface area (Å²) in [6, 6.07) is 5.99.